The molecule has 1 unspecified atom stereocenters. The van der Waals surface area contributed by atoms with Crippen molar-refractivity contribution in [3.8, 4) is 0 Å². The first-order chi connectivity index (χ1) is 12.5. The highest BCUT2D eigenvalue weighted by Crippen LogP contribution is 2.28. The van der Waals surface area contributed by atoms with E-state index in [-0.39, 0.29) is 30.5 Å². The number of pyridine rings is 1. The fraction of sp³-hybridized carbons (Fsp3) is 0.316. The zero-order valence-corrected chi connectivity index (χ0v) is 14.4. The number of hydrogen-bond donors (Lipinski definition) is 0. The van der Waals surface area contributed by atoms with Crippen LogP contribution in [0.2, 0.25) is 0 Å². The van der Waals surface area contributed by atoms with Crippen molar-refractivity contribution in [2.24, 2.45) is 5.92 Å². The maximum Gasteiger partial charge on any atom is 0.227 e. The summed E-state index contributed by atoms with van der Waals surface area (Å²) in [5, 5.41) is 0. The molecule has 0 spiro atoms. The number of aromatic nitrogens is 1. The smallest absolute Gasteiger partial charge is 0.227 e. The number of anilines is 1. The summed E-state index contributed by atoms with van der Waals surface area (Å²) >= 11 is 0. The molecule has 0 aliphatic carbocycles. The minimum absolute atomic E-state index is 0.00568. The molecule has 1 atom stereocenters. The molecular weight excluding hydrogens is 340 g/mol. The lowest BCUT2D eigenvalue weighted by Gasteiger charge is -2.21. The Bertz CT molecular complexity index is 814. The van der Waals surface area contributed by atoms with Gasteiger partial charge in [0.1, 0.15) is 11.6 Å². The molecule has 1 fully saturated rings. The van der Waals surface area contributed by atoms with Gasteiger partial charge in [-0.1, -0.05) is 0 Å². The Morgan fingerprint density at radius 1 is 1.27 bits per heavy atom. The molecule has 2 amide bonds. The van der Waals surface area contributed by atoms with Crippen molar-refractivity contribution in [2.75, 3.05) is 25.0 Å². The third kappa shape index (κ3) is 3.87. The second-order valence-electron chi connectivity index (χ2n) is 6.37. The van der Waals surface area contributed by atoms with Gasteiger partial charge in [-0.3, -0.25) is 14.6 Å². The molecule has 1 aliphatic rings. The van der Waals surface area contributed by atoms with E-state index in [1.165, 1.54) is 11.0 Å². The second kappa shape index (κ2) is 7.59. The number of carbonyl (C=O) groups is 2. The summed E-state index contributed by atoms with van der Waals surface area (Å²) in [5.74, 6) is -2.54. The molecule has 1 aliphatic heterocycles. The van der Waals surface area contributed by atoms with E-state index >= 15 is 0 Å². The molecule has 5 nitrogen and oxygen atoms in total. The van der Waals surface area contributed by atoms with Crippen LogP contribution in [0.25, 0.3) is 0 Å². The lowest BCUT2D eigenvalue weighted by molar-refractivity contribution is -0.134. The van der Waals surface area contributed by atoms with Crippen molar-refractivity contribution in [3.63, 3.8) is 0 Å². The summed E-state index contributed by atoms with van der Waals surface area (Å²) in [4.78, 5) is 31.6. The molecule has 1 saturated heterocycles. The van der Waals surface area contributed by atoms with E-state index in [9.17, 15) is 18.4 Å². The fourth-order valence-corrected chi connectivity index (χ4v) is 3.07. The van der Waals surface area contributed by atoms with E-state index in [2.05, 4.69) is 4.98 Å². The number of benzene rings is 1. The van der Waals surface area contributed by atoms with E-state index < -0.39 is 17.6 Å². The van der Waals surface area contributed by atoms with Gasteiger partial charge in [0, 0.05) is 45.0 Å². The predicted molar refractivity (Wildman–Crippen MR) is 92.4 cm³/mol. The third-order valence-corrected chi connectivity index (χ3v) is 4.54. The Morgan fingerprint density at radius 3 is 2.69 bits per heavy atom. The number of amides is 2. The van der Waals surface area contributed by atoms with Gasteiger partial charge in [0.2, 0.25) is 11.8 Å². The topological polar surface area (TPSA) is 53.5 Å². The average Bonchev–Trinajstić information content (AvgIpc) is 3.01. The van der Waals surface area contributed by atoms with Crippen molar-refractivity contribution < 1.29 is 18.4 Å². The van der Waals surface area contributed by atoms with Gasteiger partial charge < -0.3 is 9.80 Å². The lowest BCUT2D eigenvalue weighted by Crippen LogP contribution is -2.36. The second-order valence-corrected chi connectivity index (χ2v) is 6.37. The molecule has 0 bridgehead atoms. The van der Waals surface area contributed by atoms with E-state index in [1.807, 2.05) is 12.1 Å². The number of hydrogen-bond acceptors (Lipinski definition) is 3. The van der Waals surface area contributed by atoms with Crippen molar-refractivity contribution >= 4 is 17.5 Å². The molecular formula is C19H19F2N3O2. The third-order valence-electron chi connectivity index (χ3n) is 4.54. The van der Waals surface area contributed by atoms with E-state index in [4.69, 9.17) is 0 Å². The molecule has 7 heteroatoms. The van der Waals surface area contributed by atoms with E-state index in [0.717, 1.165) is 17.7 Å². The summed E-state index contributed by atoms with van der Waals surface area (Å²) in [6, 6.07) is 6.83. The zero-order valence-electron chi connectivity index (χ0n) is 14.4. The highest BCUT2D eigenvalue weighted by atomic mass is 19.1. The maximum atomic E-state index is 13.9. The van der Waals surface area contributed by atoms with Crippen LogP contribution in [-0.4, -0.2) is 41.8 Å². The van der Waals surface area contributed by atoms with Crippen molar-refractivity contribution in [1.82, 2.24) is 9.88 Å². The first-order valence-corrected chi connectivity index (χ1v) is 8.35. The van der Waals surface area contributed by atoms with Gasteiger partial charge in [0.05, 0.1) is 11.6 Å². The van der Waals surface area contributed by atoms with Crippen LogP contribution >= 0.6 is 0 Å². The summed E-state index contributed by atoms with van der Waals surface area (Å²) < 4.78 is 27.0. The minimum Gasteiger partial charge on any atom is -0.345 e. The summed E-state index contributed by atoms with van der Waals surface area (Å²) in [5.41, 5.74) is 1.07. The van der Waals surface area contributed by atoms with Gasteiger partial charge in [0.15, 0.2) is 0 Å². The molecule has 136 valence electrons. The Kier molecular flexibility index (Phi) is 5.25. The highest BCUT2D eigenvalue weighted by molar-refractivity contribution is 6.00. The Balaban J connectivity index is 1.63. The summed E-state index contributed by atoms with van der Waals surface area (Å²) in [6.07, 6.45) is 4.10. The molecule has 0 radical (unpaired) electrons. The van der Waals surface area contributed by atoms with Crippen LogP contribution in [0, 0.1) is 17.6 Å². The van der Waals surface area contributed by atoms with Crippen molar-refractivity contribution in [3.05, 3.63) is 59.9 Å². The van der Waals surface area contributed by atoms with Gasteiger partial charge in [0.25, 0.3) is 0 Å². The van der Waals surface area contributed by atoms with Crippen LogP contribution in [0.3, 0.4) is 0 Å². The molecule has 1 aromatic heterocycles. The Hall–Kier alpha value is -2.83. The zero-order chi connectivity index (χ0) is 18.7. The molecule has 0 N–H and O–H groups in total. The Labute approximate surface area is 150 Å². The van der Waals surface area contributed by atoms with Crippen LogP contribution in [0.4, 0.5) is 14.5 Å². The molecule has 2 heterocycles. The van der Waals surface area contributed by atoms with Gasteiger partial charge in [-0.05, 0) is 36.2 Å². The van der Waals surface area contributed by atoms with Crippen LogP contribution in [0.1, 0.15) is 12.0 Å². The summed E-state index contributed by atoms with van der Waals surface area (Å²) in [6.45, 7) is 0.609. The number of nitrogens with zero attached hydrogens (tertiary/aromatic N) is 3. The van der Waals surface area contributed by atoms with E-state index in [0.29, 0.717) is 13.0 Å². The van der Waals surface area contributed by atoms with Crippen molar-refractivity contribution in [1.29, 1.82) is 0 Å². The van der Waals surface area contributed by atoms with Crippen LogP contribution in [0.15, 0.2) is 42.7 Å². The first kappa shape index (κ1) is 18.0. The fourth-order valence-electron chi connectivity index (χ4n) is 3.07. The number of carbonyl (C=O) groups excluding carboxylic acids is 2. The Morgan fingerprint density at radius 2 is 2.00 bits per heavy atom. The van der Waals surface area contributed by atoms with Crippen LogP contribution in [-0.2, 0) is 16.0 Å². The first-order valence-electron chi connectivity index (χ1n) is 8.35. The number of halogens is 2. The standard InChI is InChI=1S/C19H19F2N3O2/c1-23(9-6-13-4-7-22-8-5-13)19(26)14-10-18(25)24(12-14)17-3-2-15(20)11-16(17)21/h2-5,7-8,11,14H,6,9-10,12H2,1H3. The monoisotopic (exact) mass is 359 g/mol. The van der Waals surface area contributed by atoms with Gasteiger partial charge in [-0.2, -0.15) is 0 Å². The predicted octanol–water partition coefficient (Wildman–Crippen LogP) is 2.41. The lowest BCUT2D eigenvalue weighted by atomic mass is 10.1. The minimum atomic E-state index is -0.808. The summed E-state index contributed by atoms with van der Waals surface area (Å²) in [7, 11) is 1.69. The number of likely N-dealkylation sites (N-methyl/N-ethyl adjacent to an activating group) is 1. The molecule has 3 rings (SSSR count). The van der Waals surface area contributed by atoms with Crippen molar-refractivity contribution in [2.45, 2.75) is 12.8 Å². The maximum absolute atomic E-state index is 13.9. The molecule has 0 saturated carbocycles. The molecule has 2 aromatic rings. The van der Waals surface area contributed by atoms with Crippen LogP contribution in [0.5, 0.6) is 0 Å². The number of rotatable bonds is 5. The molecule has 1 aromatic carbocycles. The van der Waals surface area contributed by atoms with Gasteiger partial charge in [-0.25, -0.2) is 8.78 Å². The normalized spacial score (nSPS) is 16.8. The van der Waals surface area contributed by atoms with Gasteiger partial charge >= 0.3 is 0 Å². The van der Waals surface area contributed by atoms with E-state index in [1.54, 1.807) is 24.3 Å². The largest absolute Gasteiger partial charge is 0.345 e. The highest BCUT2D eigenvalue weighted by Gasteiger charge is 2.37. The quantitative estimate of drug-likeness (QED) is 0.824. The molecule has 26 heavy (non-hydrogen) atoms. The van der Waals surface area contributed by atoms with Gasteiger partial charge in [-0.15, -0.1) is 0 Å². The average molecular weight is 359 g/mol. The van der Waals surface area contributed by atoms with Crippen LogP contribution < -0.4 is 4.90 Å². The SMILES string of the molecule is CN(CCc1ccncc1)C(=O)C1CC(=O)N(c2ccc(F)cc2F)C1.